The lowest BCUT2D eigenvalue weighted by Crippen LogP contribution is -2.13. The van der Waals surface area contributed by atoms with Crippen LogP contribution in [0.2, 0.25) is 0 Å². The molecule has 2 heterocycles. The number of rotatable bonds is 4. The molecular weight excluding hydrogens is 312 g/mol. The number of benzene rings is 1. The second-order valence-electron chi connectivity index (χ2n) is 7.39. The minimum atomic E-state index is -0.0660. The molecule has 130 valence electrons. The van der Waals surface area contributed by atoms with Crippen LogP contribution in [0, 0.1) is 17.8 Å². The summed E-state index contributed by atoms with van der Waals surface area (Å²) in [7, 11) is 0. The first kappa shape index (κ1) is 16.2. The number of aromatic nitrogens is 2. The molecule has 2 aromatic rings. The summed E-state index contributed by atoms with van der Waals surface area (Å²) in [5.41, 5.74) is 3.76. The number of hydrogen-bond acceptors (Lipinski definition) is 4. The third-order valence-electron chi connectivity index (χ3n) is 5.47. The highest BCUT2D eigenvalue weighted by Gasteiger charge is 2.37. The van der Waals surface area contributed by atoms with Gasteiger partial charge in [-0.05, 0) is 74.4 Å². The fourth-order valence-electron chi connectivity index (χ4n) is 4.30. The number of amides is 1. The lowest BCUT2D eigenvalue weighted by Gasteiger charge is -2.10. The van der Waals surface area contributed by atoms with Crippen molar-refractivity contribution in [2.45, 2.75) is 26.2 Å². The van der Waals surface area contributed by atoms with Gasteiger partial charge in [0, 0.05) is 18.2 Å². The van der Waals surface area contributed by atoms with Crippen molar-refractivity contribution in [1.29, 1.82) is 0 Å². The van der Waals surface area contributed by atoms with Gasteiger partial charge in [-0.1, -0.05) is 12.1 Å². The predicted molar refractivity (Wildman–Crippen MR) is 98.0 cm³/mol. The van der Waals surface area contributed by atoms with Crippen molar-refractivity contribution >= 4 is 11.6 Å². The van der Waals surface area contributed by atoms with E-state index in [-0.39, 0.29) is 5.91 Å². The standard InChI is InChI=1S/C20H24N4O/c1-13(25)22-18-4-2-15(3-5-18)20-7-6-19(23-24-20)10-14-8-16-11-21-12-17(16)9-14/h2-7,14,16-17,21H,8-12H2,1H3,(H,22,25)/t14?,16-,17+. The maximum Gasteiger partial charge on any atom is 0.221 e. The van der Waals surface area contributed by atoms with Crippen LogP contribution in [-0.4, -0.2) is 29.2 Å². The van der Waals surface area contributed by atoms with E-state index in [4.69, 9.17) is 0 Å². The molecule has 3 atom stereocenters. The Labute approximate surface area is 148 Å². The molecule has 0 bridgehead atoms. The highest BCUT2D eigenvalue weighted by Crippen LogP contribution is 2.39. The Hall–Kier alpha value is -2.27. The Balaban J connectivity index is 1.39. The van der Waals surface area contributed by atoms with Gasteiger partial charge in [-0.25, -0.2) is 0 Å². The van der Waals surface area contributed by atoms with E-state index in [0.717, 1.165) is 46.8 Å². The fourth-order valence-corrected chi connectivity index (χ4v) is 4.30. The molecule has 1 saturated carbocycles. The van der Waals surface area contributed by atoms with Gasteiger partial charge in [0.2, 0.25) is 5.91 Å². The zero-order chi connectivity index (χ0) is 17.2. The third kappa shape index (κ3) is 3.71. The van der Waals surface area contributed by atoms with Crippen LogP contribution in [0.3, 0.4) is 0 Å². The molecule has 4 rings (SSSR count). The molecule has 1 unspecified atom stereocenters. The van der Waals surface area contributed by atoms with Gasteiger partial charge in [0.25, 0.3) is 0 Å². The number of carbonyl (C=O) groups is 1. The summed E-state index contributed by atoms with van der Waals surface area (Å²) in [4.78, 5) is 11.1. The normalized spacial score (nSPS) is 24.9. The lowest BCUT2D eigenvalue weighted by molar-refractivity contribution is -0.114. The maximum absolute atomic E-state index is 11.1. The quantitative estimate of drug-likeness (QED) is 0.901. The molecule has 25 heavy (non-hydrogen) atoms. The average Bonchev–Trinajstić information content (AvgIpc) is 3.17. The first-order valence-corrected chi connectivity index (χ1v) is 9.09. The highest BCUT2D eigenvalue weighted by molar-refractivity contribution is 5.88. The Kier molecular flexibility index (Phi) is 4.49. The topological polar surface area (TPSA) is 66.9 Å². The number of nitrogens with one attached hydrogen (secondary N) is 2. The summed E-state index contributed by atoms with van der Waals surface area (Å²) < 4.78 is 0. The molecule has 1 aliphatic carbocycles. The second-order valence-corrected chi connectivity index (χ2v) is 7.39. The summed E-state index contributed by atoms with van der Waals surface area (Å²) in [6.45, 7) is 3.90. The molecule has 2 N–H and O–H groups in total. The molecule has 1 saturated heterocycles. The van der Waals surface area contributed by atoms with Gasteiger partial charge < -0.3 is 10.6 Å². The van der Waals surface area contributed by atoms with E-state index in [0.29, 0.717) is 0 Å². The van der Waals surface area contributed by atoms with Gasteiger partial charge in [0.15, 0.2) is 0 Å². The molecule has 1 aliphatic heterocycles. The Morgan fingerprint density at radius 2 is 1.80 bits per heavy atom. The van der Waals surface area contributed by atoms with Crippen LogP contribution >= 0.6 is 0 Å². The largest absolute Gasteiger partial charge is 0.326 e. The maximum atomic E-state index is 11.1. The van der Waals surface area contributed by atoms with Crippen molar-refractivity contribution in [2.75, 3.05) is 18.4 Å². The summed E-state index contributed by atoms with van der Waals surface area (Å²) in [6.07, 6.45) is 3.69. The molecule has 0 spiro atoms. The SMILES string of the molecule is CC(=O)Nc1ccc(-c2ccc(CC3C[C@H]4CNC[C@H]4C3)nn2)cc1. The fraction of sp³-hybridized carbons (Fsp3) is 0.450. The molecule has 2 fully saturated rings. The van der Waals surface area contributed by atoms with Crippen LogP contribution in [0.4, 0.5) is 5.69 Å². The number of fused-ring (bicyclic) bond motifs is 1. The van der Waals surface area contributed by atoms with Crippen LogP contribution in [0.5, 0.6) is 0 Å². The average molecular weight is 336 g/mol. The summed E-state index contributed by atoms with van der Waals surface area (Å²) >= 11 is 0. The summed E-state index contributed by atoms with van der Waals surface area (Å²) in [5, 5.41) is 15.1. The Bertz CT molecular complexity index is 729. The minimum absolute atomic E-state index is 0.0660. The van der Waals surface area contributed by atoms with Gasteiger partial charge in [0.1, 0.15) is 0 Å². The van der Waals surface area contributed by atoms with Gasteiger partial charge >= 0.3 is 0 Å². The van der Waals surface area contributed by atoms with Crippen LogP contribution < -0.4 is 10.6 Å². The molecule has 5 heteroatoms. The summed E-state index contributed by atoms with van der Waals surface area (Å²) in [6, 6.07) is 11.8. The predicted octanol–water partition coefficient (Wildman–Crippen LogP) is 2.89. The molecular formula is C20H24N4O. The van der Waals surface area contributed by atoms with E-state index in [1.807, 2.05) is 30.3 Å². The molecule has 1 aromatic heterocycles. The van der Waals surface area contributed by atoms with E-state index in [1.165, 1.54) is 32.9 Å². The van der Waals surface area contributed by atoms with Gasteiger partial charge in [-0.2, -0.15) is 10.2 Å². The van der Waals surface area contributed by atoms with Crippen LogP contribution in [0.1, 0.15) is 25.5 Å². The Morgan fingerprint density at radius 3 is 2.40 bits per heavy atom. The molecule has 5 nitrogen and oxygen atoms in total. The van der Waals surface area contributed by atoms with Crippen LogP contribution in [0.15, 0.2) is 36.4 Å². The molecule has 1 amide bonds. The third-order valence-corrected chi connectivity index (χ3v) is 5.47. The van der Waals surface area contributed by atoms with Crippen molar-refractivity contribution in [3.63, 3.8) is 0 Å². The van der Waals surface area contributed by atoms with Gasteiger partial charge in [0.05, 0.1) is 11.4 Å². The first-order chi connectivity index (χ1) is 12.2. The van der Waals surface area contributed by atoms with Crippen molar-refractivity contribution in [3.8, 4) is 11.3 Å². The molecule has 1 aromatic carbocycles. The van der Waals surface area contributed by atoms with E-state index in [2.05, 4.69) is 26.9 Å². The molecule has 2 aliphatic rings. The summed E-state index contributed by atoms with van der Waals surface area (Å²) in [5.74, 6) is 2.44. The number of anilines is 1. The molecule has 0 radical (unpaired) electrons. The van der Waals surface area contributed by atoms with Crippen LogP contribution in [-0.2, 0) is 11.2 Å². The van der Waals surface area contributed by atoms with E-state index < -0.39 is 0 Å². The van der Waals surface area contributed by atoms with E-state index in [1.54, 1.807) is 0 Å². The zero-order valence-corrected chi connectivity index (χ0v) is 14.5. The van der Waals surface area contributed by atoms with E-state index in [9.17, 15) is 4.79 Å². The van der Waals surface area contributed by atoms with Crippen LogP contribution in [0.25, 0.3) is 11.3 Å². The monoisotopic (exact) mass is 336 g/mol. The minimum Gasteiger partial charge on any atom is -0.326 e. The van der Waals surface area contributed by atoms with Gasteiger partial charge in [-0.3, -0.25) is 4.79 Å². The van der Waals surface area contributed by atoms with Crippen molar-refractivity contribution < 1.29 is 4.79 Å². The van der Waals surface area contributed by atoms with E-state index >= 15 is 0 Å². The Morgan fingerprint density at radius 1 is 1.08 bits per heavy atom. The lowest BCUT2D eigenvalue weighted by atomic mass is 9.99. The number of nitrogens with zero attached hydrogens (tertiary/aromatic N) is 2. The zero-order valence-electron chi connectivity index (χ0n) is 14.5. The number of carbonyl (C=O) groups excluding carboxylic acids is 1. The van der Waals surface area contributed by atoms with Crippen molar-refractivity contribution in [3.05, 3.63) is 42.1 Å². The smallest absolute Gasteiger partial charge is 0.221 e. The second kappa shape index (κ2) is 6.92. The van der Waals surface area contributed by atoms with Crippen molar-refractivity contribution in [1.82, 2.24) is 15.5 Å². The highest BCUT2D eigenvalue weighted by atomic mass is 16.1. The van der Waals surface area contributed by atoms with Crippen molar-refractivity contribution in [2.24, 2.45) is 17.8 Å². The first-order valence-electron chi connectivity index (χ1n) is 9.09. The number of hydrogen-bond donors (Lipinski definition) is 2. The van der Waals surface area contributed by atoms with Gasteiger partial charge in [-0.15, -0.1) is 0 Å².